The molecule has 1 aromatic rings. The maximum atomic E-state index is 13.1. The summed E-state index contributed by atoms with van der Waals surface area (Å²) in [5.41, 5.74) is 1.50. The second-order valence-electron chi connectivity index (χ2n) is 7.21. The molecule has 3 nitrogen and oxygen atoms in total. The van der Waals surface area contributed by atoms with E-state index < -0.39 is 0 Å². The van der Waals surface area contributed by atoms with Gasteiger partial charge in [0.2, 0.25) is 5.91 Å². The van der Waals surface area contributed by atoms with Gasteiger partial charge >= 0.3 is 0 Å². The topological polar surface area (TPSA) is 32.8 Å². The molecule has 118 valence electrons. The Balaban J connectivity index is 1.48. The smallest absolute Gasteiger partial charge is 0.226 e. The van der Waals surface area contributed by atoms with Gasteiger partial charge in [0.1, 0.15) is 0 Å². The van der Waals surface area contributed by atoms with Crippen LogP contribution < -0.4 is 0 Å². The third kappa shape index (κ3) is 2.67. The van der Waals surface area contributed by atoms with Crippen LogP contribution in [-0.2, 0) is 9.53 Å². The van der Waals surface area contributed by atoms with Crippen molar-refractivity contribution < 1.29 is 9.53 Å². The molecule has 1 spiro atoms. The lowest BCUT2D eigenvalue weighted by molar-refractivity contribution is -0.138. The molecule has 4 rings (SSSR count). The third-order valence-corrected chi connectivity index (χ3v) is 5.85. The molecule has 1 amide bonds. The minimum Gasteiger partial charge on any atom is -0.369 e. The molecule has 1 saturated carbocycles. The van der Waals surface area contributed by atoms with Gasteiger partial charge in [-0.2, -0.15) is 0 Å². The molecule has 0 N–H and O–H groups in total. The van der Waals surface area contributed by atoms with Crippen LogP contribution in [0.15, 0.2) is 30.3 Å². The molecule has 2 aliphatic heterocycles. The highest BCUT2D eigenvalue weighted by atomic mass is 16.6. The van der Waals surface area contributed by atoms with Gasteiger partial charge < -0.3 is 9.64 Å². The lowest BCUT2D eigenvalue weighted by Gasteiger charge is -2.37. The number of epoxide rings is 1. The van der Waals surface area contributed by atoms with E-state index in [1.54, 1.807) is 0 Å². The molecule has 2 saturated heterocycles. The van der Waals surface area contributed by atoms with E-state index in [1.165, 1.54) is 18.4 Å². The van der Waals surface area contributed by atoms with Gasteiger partial charge in [0.15, 0.2) is 0 Å². The van der Waals surface area contributed by atoms with Crippen molar-refractivity contribution in [1.82, 2.24) is 4.90 Å². The molecule has 1 aliphatic carbocycles. The Morgan fingerprint density at radius 2 is 1.77 bits per heavy atom. The predicted octanol–water partition coefficient (Wildman–Crippen LogP) is 3.35. The van der Waals surface area contributed by atoms with Crippen molar-refractivity contribution in [2.75, 3.05) is 19.7 Å². The average Bonchev–Trinajstić information content (AvgIpc) is 3.35. The summed E-state index contributed by atoms with van der Waals surface area (Å²) in [5, 5.41) is 0. The molecule has 2 heterocycles. The quantitative estimate of drug-likeness (QED) is 0.785. The number of likely N-dealkylation sites (tertiary alicyclic amines) is 1. The standard InChI is InChI=1S/C19H25NO2/c21-18(20-12-10-19(11-13-20)14-22-19)17-9-5-4-8-16(17)15-6-2-1-3-7-15/h1-3,6-7,16-17H,4-5,8-14H2/t16-,17+/m0/s1. The summed E-state index contributed by atoms with van der Waals surface area (Å²) >= 11 is 0. The minimum absolute atomic E-state index is 0.155. The van der Waals surface area contributed by atoms with E-state index in [9.17, 15) is 4.79 Å². The molecule has 0 unspecified atom stereocenters. The molecule has 3 heteroatoms. The normalized spacial score (nSPS) is 30.3. The Morgan fingerprint density at radius 1 is 1.09 bits per heavy atom. The van der Waals surface area contributed by atoms with Crippen LogP contribution in [0.1, 0.15) is 50.0 Å². The Hall–Kier alpha value is -1.35. The van der Waals surface area contributed by atoms with Gasteiger partial charge in [-0.3, -0.25) is 4.79 Å². The summed E-state index contributed by atoms with van der Waals surface area (Å²) in [6, 6.07) is 10.6. The maximum Gasteiger partial charge on any atom is 0.226 e. The van der Waals surface area contributed by atoms with Crippen LogP contribution in [-0.4, -0.2) is 36.1 Å². The molecule has 1 aromatic carbocycles. The van der Waals surface area contributed by atoms with E-state index in [2.05, 4.69) is 35.2 Å². The Kier molecular flexibility index (Phi) is 3.69. The van der Waals surface area contributed by atoms with Crippen molar-refractivity contribution in [1.29, 1.82) is 0 Å². The van der Waals surface area contributed by atoms with Gasteiger partial charge in [-0.1, -0.05) is 43.2 Å². The van der Waals surface area contributed by atoms with Crippen molar-refractivity contribution in [3.05, 3.63) is 35.9 Å². The zero-order chi connectivity index (χ0) is 15.0. The highest BCUT2D eigenvalue weighted by Crippen LogP contribution is 2.41. The van der Waals surface area contributed by atoms with Crippen molar-refractivity contribution in [2.45, 2.75) is 50.0 Å². The summed E-state index contributed by atoms with van der Waals surface area (Å²) in [4.78, 5) is 15.2. The lowest BCUT2D eigenvalue weighted by Crippen LogP contribution is -2.45. The molecule has 2 atom stereocenters. The number of piperidine rings is 1. The fourth-order valence-corrected chi connectivity index (χ4v) is 4.29. The maximum absolute atomic E-state index is 13.1. The second-order valence-corrected chi connectivity index (χ2v) is 7.21. The summed E-state index contributed by atoms with van der Waals surface area (Å²) in [5.74, 6) is 0.991. The zero-order valence-corrected chi connectivity index (χ0v) is 13.2. The van der Waals surface area contributed by atoms with Crippen LogP contribution in [0.3, 0.4) is 0 Å². The molecular formula is C19H25NO2. The molecule has 0 aromatic heterocycles. The summed E-state index contributed by atoms with van der Waals surface area (Å²) in [6.45, 7) is 2.68. The Morgan fingerprint density at radius 3 is 2.45 bits per heavy atom. The molecule has 0 bridgehead atoms. The fourth-order valence-electron chi connectivity index (χ4n) is 4.29. The predicted molar refractivity (Wildman–Crippen MR) is 85.6 cm³/mol. The lowest BCUT2D eigenvalue weighted by atomic mass is 9.74. The molecule has 3 fully saturated rings. The largest absolute Gasteiger partial charge is 0.369 e. The number of hydrogen-bond donors (Lipinski definition) is 0. The average molecular weight is 299 g/mol. The van der Waals surface area contributed by atoms with Gasteiger partial charge in [-0.15, -0.1) is 0 Å². The van der Waals surface area contributed by atoms with E-state index in [0.29, 0.717) is 11.8 Å². The molecular weight excluding hydrogens is 274 g/mol. The SMILES string of the molecule is O=C([C@@H]1CCCC[C@H]1c1ccccc1)N1CCC2(CC1)CO2. The molecule has 22 heavy (non-hydrogen) atoms. The fraction of sp³-hybridized carbons (Fsp3) is 0.632. The van der Waals surface area contributed by atoms with E-state index in [0.717, 1.165) is 45.4 Å². The summed E-state index contributed by atoms with van der Waals surface area (Å²) < 4.78 is 5.56. The van der Waals surface area contributed by atoms with Gasteiger partial charge in [-0.25, -0.2) is 0 Å². The van der Waals surface area contributed by atoms with E-state index >= 15 is 0 Å². The second kappa shape index (κ2) is 5.69. The van der Waals surface area contributed by atoms with Crippen molar-refractivity contribution in [3.8, 4) is 0 Å². The van der Waals surface area contributed by atoms with E-state index in [1.807, 2.05) is 0 Å². The number of amides is 1. The van der Waals surface area contributed by atoms with Crippen LogP contribution in [0, 0.1) is 5.92 Å². The number of carbonyl (C=O) groups excluding carboxylic acids is 1. The first kappa shape index (κ1) is 14.3. The summed E-state index contributed by atoms with van der Waals surface area (Å²) in [6.07, 6.45) is 6.71. The number of carbonyl (C=O) groups is 1. The minimum atomic E-state index is 0.155. The number of benzene rings is 1. The first-order valence-electron chi connectivity index (χ1n) is 8.75. The van der Waals surface area contributed by atoms with Crippen molar-refractivity contribution >= 4 is 5.91 Å². The van der Waals surface area contributed by atoms with Gasteiger partial charge in [0.05, 0.1) is 12.2 Å². The Bertz CT molecular complexity index is 528. The third-order valence-electron chi connectivity index (χ3n) is 5.85. The summed E-state index contributed by atoms with van der Waals surface area (Å²) in [7, 11) is 0. The van der Waals surface area contributed by atoms with E-state index in [4.69, 9.17) is 4.74 Å². The van der Waals surface area contributed by atoms with Crippen LogP contribution in [0.2, 0.25) is 0 Å². The van der Waals surface area contributed by atoms with Crippen LogP contribution in [0.25, 0.3) is 0 Å². The Labute approximate surface area is 132 Å². The zero-order valence-electron chi connectivity index (χ0n) is 13.2. The number of rotatable bonds is 2. The van der Waals surface area contributed by atoms with Crippen LogP contribution >= 0.6 is 0 Å². The van der Waals surface area contributed by atoms with E-state index in [-0.39, 0.29) is 11.5 Å². The molecule has 0 radical (unpaired) electrons. The number of nitrogens with zero attached hydrogens (tertiary/aromatic N) is 1. The first-order valence-corrected chi connectivity index (χ1v) is 8.75. The van der Waals surface area contributed by atoms with Gasteiger partial charge in [0.25, 0.3) is 0 Å². The first-order chi connectivity index (χ1) is 10.8. The number of hydrogen-bond acceptors (Lipinski definition) is 2. The van der Waals surface area contributed by atoms with Gasteiger partial charge in [0, 0.05) is 19.0 Å². The van der Waals surface area contributed by atoms with Crippen LogP contribution in [0.5, 0.6) is 0 Å². The molecule has 3 aliphatic rings. The van der Waals surface area contributed by atoms with Crippen LogP contribution in [0.4, 0.5) is 0 Å². The van der Waals surface area contributed by atoms with Gasteiger partial charge in [-0.05, 0) is 37.2 Å². The highest BCUT2D eigenvalue weighted by molar-refractivity contribution is 5.80. The number of ether oxygens (including phenoxy) is 1. The monoisotopic (exact) mass is 299 g/mol. The van der Waals surface area contributed by atoms with Crippen molar-refractivity contribution in [2.24, 2.45) is 5.92 Å². The van der Waals surface area contributed by atoms with Crippen molar-refractivity contribution in [3.63, 3.8) is 0 Å². The highest BCUT2D eigenvalue weighted by Gasteiger charge is 2.48.